The Bertz CT molecular complexity index is 413. The Labute approximate surface area is 122 Å². The molecule has 0 aliphatic rings. The molecule has 0 aromatic heterocycles. The molecule has 0 saturated carbocycles. The maximum Gasteiger partial charge on any atom is 0.127 e. The van der Waals surface area contributed by atoms with Crippen LogP contribution in [0.4, 0.5) is 0 Å². The molecule has 1 N–H and O–H groups in total. The van der Waals surface area contributed by atoms with Gasteiger partial charge in [-0.05, 0) is 33.8 Å². The van der Waals surface area contributed by atoms with Crippen molar-refractivity contribution >= 4 is 0 Å². The van der Waals surface area contributed by atoms with Gasteiger partial charge in [-0.1, -0.05) is 6.07 Å². The van der Waals surface area contributed by atoms with Gasteiger partial charge in [0.1, 0.15) is 18.1 Å². The second-order valence-corrected chi connectivity index (χ2v) is 5.93. The normalized spacial score (nSPS) is 13.1. The number of methoxy groups -OCH3 is 2. The summed E-state index contributed by atoms with van der Waals surface area (Å²) < 4.78 is 16.3. The van der Waals surface area contributed by atoms with Crippen molar-refractivity contribution in [2.24, 2.45) is 0 Å². The molecule has 114 valence electrons. The highest BCUT2D eigenvalue weighted by Gasteiger charge is 2.12. The van der Waals surface area contributed by atoms with Crippen molar-refractivity contribution in [2.75, 3.05) is 20.8 Å². The van der Waals surface area contributed by atoms with Gasteiger partial charge in [-0.2, -0.15) is 0 Å². The van der Waals surface area contributed by atoms with Crippen molar-refractivity contribution in [3.63, 3.8) is 0 Å². The summed E-state index contributed by atoms with van der Waals surface area (Å²) in [4.78, 5) is 0. The predicted molar refractivity (Wildman–Crippen MR) is 81.6 cm³/mol. The van der Waals surface area contributed by atoms with Crippen LogP contribution in [0.3, 0.4) is 0 Å². The molecule has 0 aliphatic heterocycles. The largest absolute Gasteiger partial charge is 0.497 e. The lowest BCUT2D eigenvalue weighted by Gasteiger charge is -2.22. The lowest BCUT2D eigenvalue weighted by molar-refractivity contribution is 0.0711. The quantitative estimate of drug-likeness (QED) is 0.834. The van der Waals surface area contributed by atoms with Crippen LogP contribution in [0.2, 0.25) is 0 Å². The zero-order chi connectivity index (χ0) is 15.2. The maximum absolute atomic E-state index is 5.85. The van der Waals surface area contributed by atoms with Gasteiger partial charge in [0.25, 0.3) is 0 Å². The summed E-state index contributed by atoms with van der Waals surface area (Å²) in [6.07, 6.45) is 0.0598. The fourth-order valence-corrected chi connectivity index (χ4v) is 1.58. The highest BCUT2D eigenvalue weighted by Crippen LogP contribution is 2.25. The molecule has 0 aliphatic carbocycles. The van der Waals surface area contributed by atoms with Gasteiger partial charge in [0.2, 0.25) is 0 Å². The van der Waals surface area contributed by atoms with Crippen molar-refractivity contribution in [3.05, 3.63) is 23.8 Å². The smallest absolute Gasteiger partial charge is 0.127 e. The molecule has 20 heavy (non-hydrogen) atoms. The zero-order valence-corrected chi connectivity index (χ0v) is 13.4. The molecule has 1 unspecified atom stereocenters. The standard InChI is InChI=1S/C16H27NO3/c1-12(18-5)11-20-15-9-14(19-6)8-7-13(15)10-17-16(2,3)4/h7-9,12,17H,10-11H2,1-6H3. The average Bonchev–Trinajstić information content (AvgIpc) is 2.41. The molecule has 0 amide bonds. The van der Waals surface area contributed by atoms with E-state index in [1.165, 1.54) is 0 Å². The van der Waals surface area contributed by atoms with Crippen molar-refractivity contribution in [2.45, 2.75) is 45.9 Å². The van der Waals surface area contributed by atoms with Crippen molar-refractivity contribution in [1.82, 2.24) is 5.32 Å². The van der Waals surface area contributed by atoms with Gasteiger partial charge >= 0.3 is 0 Å². The lowest BCUT2D eigenvalue weighted by Crippen LogP contribution is -2.35. The predicted octanol–water partition coefficient (Wildman–Crippen LogP) is 3.00. The SMILES string of the molecule is COc1ccc(CNC(C)(C)C)c(OCC(C)OC)c1. The van der Waals surface area contributed by atoms with E-state index in [4.69, 9.17) is 14.2 Å². The number of hydrogen-bond acceptors (Lipinski definition) is 4. The van der Waals surface area contributed by atoms with E-state index in [2.05, 4.69) is 26.1 Å². The van der Waals surface area contributed by atoms with Gasteiger partial charge in [-0.15, -0.1) is 0 Å². The Morgan fingerprint density at radius 2 is 1.90 bits per heavy atom. The summed E-state index contributed by atoms with van der Waals surface area (Å²) in [7, 11) is 3.34. The Morgan fingerprint density at radius 3 is 2.45 bits per heavy atom. The summed E-state index contributed by atoms with van der Waals surface area (Å²) in [5.41, 5.74) is 1.18. The third-order valence-electron chi connectivity index (χ3n) is 2.96. The molecule has 0 radical (unpaired) electrons. The third kappa shape index (κ3) is 5.80. The van der Waals surface area contributed by atoms with E-state index in [0.29, 0.717) is 6.61 Å². The maximum atomic E-state index is 5.85. The minimum absolute atomic E-state index is 0.0598. The Kier molecular flexibility index (Phi) is 6.30. The Hall–Kier alpha value is -1.26. The van der Waals surface area contributed by atoms with Crippen LogP contribution in [0.5, 0.6) is 11.5 Å². The first-order chi connectivity index (χ1) is 9.35. The van der Waals surface area contributed by atoms with Crippen LogP contribution in [-0.2, 0) is 11.3 Å². The molecule has 4 nitrogen and oxygen atoms in total. The molecular formula is C16H27NO3. The molecule has 1 aromatic rings. The lowest BCUT2D eigenvalue weighted by atomic mass is 10.1. The van der Waals surface area contributed by atoms with E-state index in [1.54, 1.807) is 14.2 Å². The van der Waals surface area contributed by atoms with Gasteiger partial charge in [-0.25, -0.2) is 0 Å². The van der Waals surface area contributed by atoms with Crippen LogP contribution in [0, 0.1) is 0 Å². The van der Waals surface area contributed by atoms with E-state index in [-0.39, 0.29) is 11.6 Å². The molecule has 4 heteroatoms. The fraction of sp³-hybridized carbons (Fsp3) is 0.625. The van der Waals surface area contributed by atoms with Crippen LogP contribution in [-0.4, -0.2) is 32.5 Å². The van der Waals surface area contributed by atoms with Crippen LogP contribution in [0.25, 0.3) is 0 Å². The van der Waals surface area contributed by atoms with Gasteiger partial charge in [0.05, 0.1) is 13.2 Å². The summed E-state index contributed by atoms with van der Waals surface area (Å²) in [6.45, 7) is 9.68. The number of nitrogens with one attached hydrogen (secondary N) is 1. The molecule has 0 spiro atoms. The minimum atomic E-state index is 0.0598. The van der Waals surface area contributed by atoms with Gasteiger partial charge in [-0.3, -0.25) is 0 Å². The number of rotatable bonds is 7. The second kappa shape index (κ2) is 7.50. The fourth-order valence-electron chi connectivity index (χ4n) is 1.58. The van der Waals surface area contributed by atoms with E-state index < -0.39 is 0 Å². The molecule has 0 bridgehead atoms. The first kappa shape index (κ1) is 16.8. The number of hydrogen-bond donors (Lipinski definition) is 1. The molecule has 0 saturated heterocycles. The summed E-state index contributed by atoms with van der Waals surface area (Å²) >= 11 is 0. The van der Waals surface area contributed by atoms with E-state index in [1.807, 2.05) is 25.1 Å². The molecule has 1 rings (SSSR count). The molecule has 1 aromatic carbocycles. The topological polar surface area (TPSA) is 39.7 Å². The number of benzene rings is 1. The Morgan fingerprint density at radius 1 is 1.20 bits per heavy atom. The van der Waals surface area contributed by atoms with Crippen LogP contribution in [0.15, 0.2) is 18.2 Å². The highest BCUT2D eigenvalue weighted by molar-refractivity contribution is 5.40. The van der Waals surface area contributed by atoms with Crippen LogP contribution >= 0.6 is 0 Å². The second-order valence-electron chi connectivity index (χ2n) is 5.93. The average molecular weight is 281 g/mol. The first-order valence-electron chi connectivity index (χ1n) is 6.93. The number of ether oxygens (including phenoxy) is 3. The monoisotopic (exact) mass is 281 g/mol. The van der Waals surface area contributed by atoms with Crippen molar-refractivity contribution in [3.8, 4) is 11.5 Å². The van der Waals surface area contributed by atoms with Crippen molar-refractivity contribution < 1.29 is 14.2 Å². The Balaban J connectivity index is 2.80. The molecule has 0 fully saturated rings. The molecular weight excluding hydrogens is 254 g/mol. The summed E-state index contributed by atoms with van der Waals surface area (Å²) in [6, 6.07) is 5.90. The van der Waals surface area contributed by atoms with E-state index in [0.717, 1.165) is 23.6 Å². The van der Waals surface area contributed by atoms with Crippen LogP contribution in [0.1, 0.15) is 33.3 Å². The van der Waals surface area contributed by atoms with E-state index in [9.17, 15) is 0 Å². The minimum Gasteiger partial charge on any atom is -0.497 e. The summed E-state index contributed by atoms with van der Waals surface area (Å²) in [5, 5.41) is 3.47. The highest BCUT2D eigenvalue weighted by atomic mass is 16.5. The molecule has 0 heterocycles. The van der Waals surface area contributed by atoms with Gasteiger partial charge in [0.15, 0.2) is 0 Å². The molecule has 1 atom stereocenters. The van der Waals surface area contributed by atoms with Gasteiger partial charge < -0.3 is 19.5 Å². The third-order valence-corrected chi connectivity index (χ3v) is 2.96. The zero-order valence-electron chi connectivity index (χ0n) is 13.4. The van der Waals surface area contributed by atoms with Gasteiger partial charge in [0, 0.05) is 30.8 Å². The van der Waals surface area contributed by atoms with Crippen molar-refractivity contribution in [1.29, 1.82) is 0 Å². The van der Waals surface area contributed by atoms with E-state index >= 15 is 0 Å². The first-order valence-corrected chi connectivity index (χ1v) is 6.93. The van der Waals surface area contributed by atoms with Crippen LogP contribution < -0.4 is 14.8 Å². The summed E-state index contributed by atoms with van der Waals surface area (Å²) in [5.74, 6) is 1.63.